The lowest BCUT2D eigenvalue weighted by molar-refractivity contribution is -0.196. The first-order valence-electron chi connectivity index (χ1n) is 8.62. The van der Waals surface area contributed by atoms with E-state index in [4.69, 9.17) is 0 Å². The molecule has 0 bridgehead atoms. The van der Waals surface area contributed by atoms with Crippen LogP contribution in [0.15, 0.2) is 0 Å². The van der Waals surface area contributed by atoms with Gasteiger partial charge in [-0.25, -0.2) is 9.59 Å². The molecule has 152 valence electrons. The van der Waals surface area contributed by atoms with Crippen molar-refractivity contribution in [1.82, 2.24) is 26.3 Å². The molecule has 3 saturated heterocycles. The number of hydrogen-bond acceptors (Lipinski definition) is 8. The molecule has 3 unspecified atom stereocenters. The van der Waals surface area contributed by atoms with Crippen molar-refractivity contribution in [2.24, 2.45) is 0 Å². The van der Waals surface area contributed by atoms with Crippen molar-refractivity contribution in [2.75, 3.05) is 18.8 Å². The van der Waals surface area contributed by atoms with Gasteiger partial charge in [0.1, 0.15) is 6.54 Å². The van der Waals surface area contributed by atoms with Gasteiger partial charge >= 0.3 is 12.0 Å². The number of nitrogens with zero attached hydrogens (tertiary/aromatic N) is 1. The van der Waals surface area contributed by atoms with Crippen LogP contribution in [0.25, 0.3) is 0 Å². The van der Waals surface area contributed by atoms with E-state index in [1.807, 2.05) is 0 Å². The molecule has 28 heavy (non-hydrogen) atoms. The van der Waals surface area contributed by atoms with Crippen molar-refractivity contribution < 1.29 is 33.6 Å². The number of rotatable bonds is 7. The molecule has 4 N–H and O–H groups in total. The Kier molecular flexibility index (Phi) is 6.02. The van der Waals surface area contributed by atoms with Gasteiger partial charge in [0.2, 0.25) is 11.8 Å². The van der Waals surface area contributed by atoms with E-state index < -0.39 is 30.2 Å². The fourth-order valence-corrected chi connectivity index (χ4v) is 4.50. The molecule has 12 nitrogen and oxygen atoms in total. The van der Waals surface area contributed by atoms with E-state index in [-0.39, 0.29) is 55.1 Å². The van der Waals surface area contributed by atoms with Crippen LogP contribution in [0.3, 0.4) is 0 Å². The molecule has 0 spiro atoms. The second kappa shape index (κ2) is 8.46. The lowest BCUT2D eigenvalue weighted by Gasteiger charge is -2.16. The van der Waals surface area contributed by atoms with Gasteiger partial charge in [-0.3, -0.25) is 19.2 Å². The zero-order valence-electron chi connectivity index (χ0n) is 14.7. The summed E-state index contributed by atoms with van der Waals surface area (Å²) in [5, 5.41) is 10.5. The van der Waals surface area contributed by atoms with Gasteiger partial charge in [0.25, 0.3) is 11.8 Å². The molecule has 3 aliphatic rings. The molecule has 6 amide bonds. The molecular formula is C15H19N5O7S. The summed E-state index contributed by atoms with van der Waals surface area (Å²) in [5.41, 5.74) is 0. The minimum atomic E-state index is -0.971. The Morgan fingerprint density at radius 2 is 1.71 bits per heavy atom. The number of hydroxylamine groups is 2. The summed E-state index contributed by atoms with van der Waals surface area (Å²) >= 11 is 1.57. The van der Waals surface area contributed by atoms with E-state index in [1.54, 1.807) is 11.8 Å². The zero-order chi connectivity index (χ0) is 20.3. The van der Waals surface area contributed by atoms with Gasteiger partial charge in [-0.1, -0.05) is 0 Å². The predicted octanol–water partition coefficient (Wildman–Crippen LogP) is -2.62. The number of carbonyl (C=O) groups is 6. The summed E-state index contributed by atoms with van der Waals surface area (Å²) in [4.78, 5) is 73.9. The van der Waals surface area contributed by atoms with Crippen LogP contribution >= 0.6 is 11.8 Å². The number of hydrogen-bond donors (Lipinski definition) is 4. The number of thioether (sulfide) groups is 1. The van der Waals surface area contributed by atoms with Gasteiger partial charge in [0.05, 0.1) is 18.6 Å². The Morgan fingerprint density at radius 3 is 2.43 bits per heavy atom. The van der Waals surface area contributed by atoms with E-state index >= 15 is 0 Å². The van der Waals surface area contributed by atoms with Crippen LogP contribution < -0.4 is 21.3 Å². The van der Waals surface area contributed by atoms with E-state index in [9.17, 15) is 28.8 Å². The summed E-state index contributed by atoms with van der Waals surface area (Å²) in [6.07, 6.45) is 0.0958. The van der Waals surface area contributed by atoms with Gasteiger partial charge in [-0.05, 0) is 0 Å². The largest absolute Gasteiger partial charge is 0.352 e. The number of imide groups is 1. The highest BCUT2D eigenvalue weighted by molar-refractivity contribution is 8.00. The molecule has 3 atom stereocenters. The molecule has 0 aromatic rings. The summed E-state index contributed by atoms with van der Waals surface area (Å²) < 4.78 is 0. The maximum absolute atomic E-state index is 12.0. The van der Waals surface area contributed by atoms with Crippen LogP contribution in [-0.2, 0) is 28.8 Å². The molecule has 0 saturated carbocycles. The Morgan fingerprint density at radius 1 is 1.04 bits per heavy atom. The van der Waals surface area contributed by atoms with Gasteiger partial charge < -0.3 is 26.1 Å². The van der Waals surface area contributed by atoms with Crippen LogP contribution in [0.1, 0.15) is 19.3 Å². The van der Waals surface area contributed by atoms with E-state index in [2.05, 4.69) is 26.1 Å². The quantitative estimate of drug-likeness (QED) is 0.260. The second-order valence-electron chi connectivity index (χ2n) is 6.42. The molecule has 3 heterocycles. The third kappa shape index (κ3) is 4.71. The monoisotopic (exact) mass is 413 g/mol. The Balaban J connectivity index is 1.32. The zero-order valence-corrected chi connectivity index (χ0v) is 15.5. The maximum atomic E-state index is 12.0. The fourth-order valence-electron chi connectivity index (χ4n) is 3.02. The van der Waals surface area contributed by atoms with E-state index in [0.717, 1.165) is 0 Å². The summed E-state index contributed by atoms with van der Waals surface area (Å²) in [5.74, 6) is -2.47. The average Bonchev–Trinajstić information content (AvgIpc) is 3.29. The summed E-state index contributed by atoms with van der Waals surface area (Å²) in [7, 11) is 0. The maximum Gasteiger partial charge on any atom is 0.352 e. The molecular weight excluding hydrogens is 394 g/mol. The summed E-state index contributed by atoms with van der Waals surface area (Å²) in [6, 6.07) is -0.369. The van der Waals surface area contributed by atoms with Crippen LogP contribution in [0.2, 0.25) is 0 Å². The number of nitrogens with one attached hydrogen (secondary N) is 4. The van der Waals surface area contributed by atoms with Crippen molar-refractivity contribution >= 4 is 47.4 Å². The normalized spacial score (nSPS) is 25.8. The average molecular weight is 413 g/mol. The molecule has 3 aliphatic heterocycles. The number of carbonyl (C=O) groups excluding carboxylic acids is 6. The van der Waals surface area contributed by atoms with Crippen molar-refractivity contribution in [2.45, 2.75) is 36.6 Å². The van der Waals surface area contributed by atoms with Crippen molar-refractivity contribution in [3.8, 4) is 0 Å². The standard InChI is InChI=1S/C15H19N5O7S/c21-9(3-8-14-7(6-28-8)18-15(26)19-14)16-4-10(22)17-5-13(25)27-20-11(23)1-2-12(20)24/h7-8,14H,1-6H2,(H,16,21)(H,17,22)(H2,18,19,26). The van der Waals surface area contributed by atoms with E-state index in [0.29, 0.717) is 10.8 Å². The predicted molar refractivity (Wildman–Crippen MR) is 93.3 cm³/mol. The number of urea groups is 1. The van der Waals surface area contributed by atoms with Gasteiger partial charge in [-0.15, -0.1) is 5.06 Å². The van der Waals surface area contributed by atoms with E-state index in [1.165, 1.54) is 0 Å². The number of fused-ring (bicyclic) bond motifs is 1. The topological polar surface area (TPSA) is 163 Å². The van der Waals surface area contributed by atoms with Gasteiger partial charge in [-0.2, -0.15) is 11.8 Å². The van der Waals surface area contributed by atoms with Crippen LogP contribution in [-0.4, -0.2) is 76.9 Å². The Hall–Kier alpha value is -2.83. The first-order chi connectivity index (χ1) is 13.3. The molecule has 13 heteroatoms. The Labute approximate surface area is 163 Å². The first kappa shape index (κ1) is 19.9. The highest BCUT2D eigenvalue weighted by atomic mass is 32.2. The third-order valence-electron chi connectivity index (χ3n) is 4.40. The lowest BCUT2D eigenvalue weighted by atomic mass is 10.1. The van der Waals surface area contributed by atoms with Crippen LogP contribution in [0, 0.1) is 0 Å². The van der Waals surface area contributed by atoms with Crippen molar-refractivity contribution in [3.05, 3.63) is 0 Å². The molecule has 0 radical (unpaired) electrons. The highest BCUT2D eigenvalue weighted by Crippen LogP contribution is 2.31. The Bertz CT molecular complexity index is 714. The number of amides is 6. The SMILES string of the molecule is O=C(CNC(=O)CC1SCC2NC(=O)NC21)NCC(=O)ON1C(=O)CCC1=O. The smallest absolute Gasteiger partial charge is 0.347 e. The third-order valence-corrected chi connectivity index (χ3v) is 5.84. The van der Waals surface area contributed by atoms with Crippen molar-refractivity contribution in [3.63, 3.8) is 0 Å². The van der Waals surface area contributed by atoms with Crippen LogP contribution in [0.5, 0.6) is 0 Å². The van der Waals surface area contributed by atoms with Gasteiger partial charge in [0.15, 0.2) is 0 Å². The lowest BCUT2D eigenvalue weighted by Crippen LogP contribution is -2.43. The minimum Gasteiger partial charge on any atom is -0.347 e. The first-order valence-corrected chi connectivity index (χ1v) is 9.67. The van der Waals surface area contributed by atoms with Crippen LogP contribution in [0.4, 0.5) is 4.79 Å². The second-order valence-corrected chi connectivity index (χ2v) is 7.70. The van der Waals surface area contributed by atoms with Gasteiger partial charge in [0, 0.05) is 30.3 Å². The molecule has 3 fully saturated rings. The molecule has 0 aliphatic carbocycles. The molecule has 0 aromatic heterocycles. The van der Waals surface area contributed by atoms with Crippen molar-refractivity contribution in [1.29, 1.82) is 0 Å². The molecule has 3 rings (SSSR count). The fraction of sp³-hybridized carbons (Fsp3) is 0.600. The summed E-state index contributed by atoms with van der Waals surface area (Å²) in [6.45, 7) is -0.893. The highest BCUT2D eigenvalue weighted by Gasteiger charge is 2.43. The molecule has 0 aromatic carbocycles. The minimum absolute atomic E-state index is 0.000943.